The third-order valence-corrected chi connectivity index (χ3v) is 4.15. The number of nitrogens with one attached hydrogen (secondary N) is 1. The molecule has 0 aliphatic heterocycles. The number of rotatable bonds is 6. The topological polar surface area (TPSA) is 73.6 Å². The molecule has 2 aromatic rings. The van der Waals surface area contributed by atoms with E-state index in [9.17, 15) is 4.79 Å². The van der Waals surface area contributed by atoms with Crippen molar-refractivity contribution in [3.05, 3.63) is 23.1 Å². The molecule has 0 aliphatic rings. The van der Waals surface area contributed by atoms with Crippen LogP contribution in [0, 0.1) is 0 Å². The second-order valence-corrected chi connectivity index (χ2v) is 5.91. The van der Waals surface area contributed by atoms with Crippen LogP contribution in [0.3, 0.4) is 0 Å². The first-order valence-corrected chi connectivity index (χ1v) is 7.61. The molecule has 6 heteroatoms. The smallest absolute Gasteiger partial charge is 0.263 e. The van der Waals surface area contributed by atoms with E-state index in [2.05, 4.69) is 5.32 Å². The average molecular weight is 308 g/mol. The number of nitrogens with two attached hydrogens (primary N) is 1. The number of amides is 1. The zero-order valence-corrected chi connectivity index (χ0v) is 13.3. The van der Waals surface area contributed by atoms with Gasteiger partial charge in [-0.1, -0.05) is 6.07 Å². The van der Waals surface area contributed by atoms with Crippen molar-refractivity contribution < 1.29 is 14.3 Å². The van der Waals surface area contributed by atoms with E-state index in [-0.39, 0.29) is 12.0 Å². The Morgan fingerprint density at radius 1 is 1.43 bits per heavy atom. The van der Waals surface area contributed by atoms with E-state index < -0.39 is 0 Å². The summed E-state index contributed by atoms with van der Waals surface area (Å²) in [5, 5.41) is 3.62. The van der Waals surface area contributed by atoms with Crippen LogP contribution in [0.5, 0.6) is 5.75 Å². The van der Waals surface area contributed by atoms with Gasteiger partial charge in [-0.15, -0.1) is 11.3 Å². The number of methoxy groups -OCH3 is 1. The molecule has 3 N–H and O–H groups in total. The van der Waals surface area contributed by atoms with Crippen LogP contribution in [0.25, 0.3) is 10.1 Å². The van der Waals surface area contributed by atoms with E-state index in [1.807, 2.05) is 32.0 Å². The summed E-state index contributed by atoms with van der Waals surface area (Å²) in [6.45, 7) is 4.86. The number of ether oxygens (including phenoxy) is 2. The van der Waals surface area contributed by atoms with Crippen molar-refractivity contribution in [1.82, 2.24) is 5.32 Å². The van der Waals surface area contributed by atoms with E-state index in [0.29, 0.717) is 29.5 Å². The summed E-state index contributed by atoms with van der Waals surface area (Å²) in [5.74, 6) is 0.506. The van der Waals surface area contributed by atoms with Crippen LogP contribution in [-0.4, -0.2) is 32.3 Å². The molecule has 0 unspecified atom stereocenters. The Bertz CT molecular complexity index is 637. The summed E-state index contributed by atoms with van der Waals surface area (Å²) in [4.78, 5) is 12.7. The van der Waals surface area contributed by atoms with E-state index in [1.54, 1.807) is 7.11 Å². The van der Waals surface area contributed by atoms with Crippen LogP contribution in [-0.2, 0) is 4.74 Å². The summed E-state index contributed by atoms with van der Waals surface area (Å²) >= 11 is 1.37. The Labute approximate surface area is 128 Å². The fourth-order valence-corrected chi connectivity index (χ4v) is 3.07. The lowest BCUT2D eigenvalue weighted by Gasteiger charge is -2.08. The zero-order valence-electron chi connectivity index (χ0n) is 12.4. The number of carbonyl (C=O) groups is 1. The van der Waals surface area contributed by atoms with Crippen LogP contribution in [0.2, 0.25) is 0 Å². The predicted molar refractivity (Wildman–Crippen MR) is 86.2 cm³/mol. The van der Waals surface area contributed by atoms with Gasteiger partial charge in [-0.05, 0) is 26.0 Å². The molecule has 2 rings (SSSR count). The zero-order chi connectivity index (χ0) is 15.4. The van der Waals surface area contributed by atoms with Crippen LogP contribution >= 0.6 is 11.3 Å². The first-order chi connectivity index (χ1) is 10.0. The molecule has 0 spiro atoms. The number of thiophene rings is 1. The van der Waals surface area contributed by atoms with Gasteiger partial charge in [-0.2, -0.15) is 0 Å². The Balaban J connectivity index is 2.15. The summed E-state index contributed by atoms with van der Waals surface area (Å²) in [6, 6.07) is 5.65. The number of nitrogen functional groups attached to an aromatic ring is 1. The van der Waals surface area contributed by atoms with Crippen molar-refractivity contribution in [2.75, 3.05) is 26.0 Å². The lowest BCUT2D eigenvalue weighted by molar-refractivity contribution is 0.0748. The van der Waals surface area contributed by atoms with Gasteiger partial charge in [-0.25, -0.2) is 0 Å². The Morgan fingerprint density at radius 3 is 2.86 bits per heavy atom. The number of hydrogen-bond donors (Lipinski definition) is 2. The second kappa shape index (κ2) is 6.78. The van der Waals surface area contributed by atoms with Crippen molar-refractivity contribution in [2.45, 2.75) is 20.0 Å². The highest BCUT2D eigenvalue weighted by atomic mass is 32.1. The maximum absolute atomic E-state index is 12.2. The van der Waals surface area contributed by atoms with Crippen molar-refractivity contribution in [1.29, 1.82) is 0 Å². The molecule has 21 heavy (non-hydrogen) atoms. The standard InChI is InChI=1S/C15H20N2O3S/c1-9(2)20-8-7-17-15(18)14-13(16)12-10(19-3)5-4-6-11(12)21-14/h4-6,9H,7-8,16H2,1-3H3,(H,17,18). The largest absolute Gasteiger partial charge is 0.496 e. The molecule has 5 nitrogen and oxygen atoms in total. The number of carbonyl (C=O) groups excluding carboxylic acids is 1. The highest BCUT2D eigenvalue weighted by Crippen LogP contribution is 2.39. The van der Waals surface area contributed by atoms with Crippen LogP contribution in [0.15, 0.2) is 18.2 Å². The van der Waals surface area contributed by atoms with Crippen LogP contribution in [0.1, 0.15) is 23.5 Å². The minimum absolute atomic E-state index is 0.153. The molecule has 0 fully saturated rings. The molecule has 0 bridgehead atoms. The summed E-state index contributed by atoms with van der Waals surface area (Å²) in [5.41, 5.74) is 6.57. The van der Waals surface area contributed by atoms with Crippen molar-refractivity contribution >= 4 is 33.0 Å². The molecule has 0 aliphatic carbocycles. The monoisotopic (exact) mass is 308 g/mol. The Kier molecular flexibility index (Phi) is 5.03. The van der Waals surface area contributed by atoms with E-state index in [1.165, 1.54) is 11.3 Å². The van der Waals surface area contributed by atoms with Crippen molar-refractivity contribution in [3.63, 3.8) is 0 Å². The second-order valence-electron chi connectivity index (χ2n) is 4.85. The van der Waals surface area contributed by atoms with Gasteiger partial charge in [-0.3, -0.25) is 4.79 Å². The summed E-state index contributed by atoms with van der Waals surface area (Å²) in [7, 11) is 1.59. The fourth-order valence-electron chi connectivity index (χ4n) is 2.02. The van der Waals surface area contributed by atoms with E-state index in [0.717, 1.165) is 10.1 Å². The SMILES string of the molecule is COc1cccc2sc(C(=O)NCCOC(C)C)c(N)c12. The van der Waals surface area contributed by atoms with Gasteiger partial charge in [0.15, 0.2) is 0 Å². The first kappa shape index (κ1) is 15.6. The molecular weight excluding hydrogens is 288 g/mol. The van der Waals surface area contributed by atoms with Gasteiger partial charge in [0.05, 0.1) is 30.9 Å². The van der Waals surface area contributed by atoms with Crippen LogP contribution < -0.4 is 15.8 Å². The maximum Gasteiger partial charge on any atom is 0.263 e. The van der Waals surface area contributed by atoms with Gasteiger partial charge >= 0.3 is 0 Å². The third-order valence-electron chi connectivity index (χ3n) is 2.98. The quantitative estimate of drug-likeness (QED) is 0.805. The third kappa shape index (κ3) is 3.46. The first-order valence-electron chi connectivity index (χ1n) is 6.79. The molecule has 1 amide bonds. The molecule has 1 heterocycles. The average Bonchev–Trinajstić information content (AvgIpc) is 2.80. The molecule has 114 valence electrons. The maximum atomic E-state index is 12.2. The van der Waals surface area contributed by atoms with Gasteiger partial charge in [0.2, 0.25) is 0 Å². The minimum atomic E-state index is -0.178. The summed E-state index contributed by atoms with van der Waals surface area (Å²) < 4.78 is 11.6. The molecule has 0 radical (unpaired) electrons. The number of hydrogen-bond acceptors (Lipinski definition) is 5. The molecule has 0 saturated carbocycles. The number of benzene rings is 1. The van der Waals surface area contributed by atoms with Gasteiger partial charge in [0, 0.05) is 11.2 Å². The molecule has 1 aromatic heterocycles. The molecule has 0 saturated heterocycles. The van der Waals surface area contributed by atoms with Crippen molar-refractivity contribution in [3.8, 4) is 5.75 Å². The Hall–Kier alpha value is -1.79. The minimum Gasteiger partial charge on any atom is -0.496 e. The molecular formula is C15H20N2O3S. The van der Waals surface area contributed by atoms with Gasteiger partial charge < -0.3 is 20.5 Å². The van der Waals surface area contributed by atoms with Gasteiger partial charge in [0.25, 0.3) is 5.91 Å². The molecule has 1 aromatic carbocycles. The Morgan fingerprint density at radius 2 is 2.19 bits per heavy atom. The lowest BCUT2D eigenvalue weighted by Crippen LogP contribution is -2.27. The van der Waals surface area contributed by atoms with E-state index >= 15 is 0 Å². The summed E-state index contributed by atoms with van der Waals surface area (Å²) in [6.07, 6.45) is 0.153. The van der Waals surface area contributed by atoms with Crippen molar-refractivity contribution in [2.24, 2.45) is 0 Å². The number of fused-ring (bicyclic) bond motifs is 1. The van der Waals surface area contributed by atoms with Gasteiger partial charge in [0.1, 0.15) is 10.6 Å². The highest BCUT2D eigenvalue weighted by molar-refractivity contribution is 7.21. The fraction of sp³-hybridized carbons (Fsp3) is 0.400. The highest BCUT2D eigenvalue weighted by Gasteiger charge is 2.18. The molecule has 0 atom stereocenters. The van der Waals surface area contributed by atoms with E-state index in [4.69, 9.17) is 15.2 Å². The normalized spacial score (nSPS) is 11.0. The van der Waals surface area contributed by atoms with Crippen LogP contribution in [0.4, 0.5) is 5.69 Å². The lowest BCUT2D eigenvalue weighted by atomic mass is 10.2. The number of anilines is 1. The predicted octanol–water partition coefficient (Wildman–Crippen LogP) is 2.65.